The van der Waals surface area contributed by atoms with Crippen LogP contribution in [0, 0.1) is 6.92 Å². The van der Waals surface area contributed by atoms with Gasteiger partial charge in [0.05, 0.1) is 40.2 Å². The second kappa shape index (κ2) is 12.1. The van der Waals surface area contributed by atoms with Gasteiger partial charge in [0.2, 0.25) is 0 Å². The summed E-state index contributed by atoms with van der Waals surface area (Å²) in [5.41, 5.74) is 6.37. The number of aryl methyl sites for hydroxylation is 1. The number of carbonyl (C=O) groups is 1. The Balaban J connectivity index is 0.000000652. The number of hydrogen-bond donors (Lipinski definition) is 2. The third kappa shape index (κ3) is 6.98. The van der Waals surface area contributed by atoms with Crippen LogP contribution in [0.1, 0.15) is 50.8 Å². The lowest BCUT2D eigenvalue weighted by Crippen LogP contribution is -2.31. The molecule has 8 nitrogen and oxygen atoms in total. The number of aromatic nitrogens is 4. The molecule has 2 aromatic carbocycles. The van der Waals surface area contributed by atoms with Crippen molar-refractivity contribution in [2.75, 3.05) is 20.1 Å². The van der Waals surface area contributed by atoms with Crippen molar-refractivity contribution in [1.82, 2.24) is 24.6 Å². The molecule has 3 aromatic heterocycles. The average molecular weight is 606 g/mol. The first-order valence-corrected chi connectivity index (χ1v) is 15.2. The molecule has 6 rings (SSSR count). The average Bonchev–Trinajstić information content (AvgIpc) is 3.53. The van der Waals surface area contributed by atoms with Crippen LogP contribution in [0.15, 0.2) is 48.7 Å². The van der Waals surface area contributed by atoms with E-state index >= 15 is 0 Å². The Kier molecular flexibility index (Phi) is 8.66. The second-order valence-electron chi connectivity index (χ2n) is 11.9. The lowest BCUT2D eigenvalue weighted by atomic mass is 9.93. The maximum Gasteiger partial charge on any atom is 0.307 e. The van der Waals surface area contributed by atoms with E-state index in [1.165, 1.54) is 11.3 Å². The van der Waals surface area contributed by atoms with E-state index < -0.39 is 11.6 Å². The van der Waals surface area contributed by atoms with Crippen LogP contribution in [0.4, 0.5) is 0 Å². The first-order valence-electron chi connectivity index (χ1n) is 14.0. The highest BCUT2D eigenvalue weighted by Crippen LogP contribution is 2.41. The molecule has 0 amide bonds. The lowest BCUT2D eigenvalue weighted by molar-refractivity contribution is -0.136. The van der Waals surface area contributed by atoms with Crippen molar-refractivity contribution < 1.29 is 15.0 Å². The number of halogens is 1. The first-order chi connectivity index (χ1) is 19.9. The molecule has 1 aliphatic rings. The van der Waals surface area contributed by atoms with Crippen LogP contribution < -0.4 is 0 Å². The zero-order chi connectivity index (χ0) is 30.2. The summed E-state index contributed by atoms with van der Waals surface area (Å²) in [5, 5.41) is 24.4. The highest BCUT2D eigenvalue weighted by molar-refractivity contribution is 7.22. The Morgan fingerprint density at radius 2 is 1.71 bits per heavy atom. The highest BCUT2D eigenvalue weighted by atomic mass is 35.5. The van der Waals surface area contributed by atoms with Gasteiger partial charge in [0.1, 0.15) is 16.0 Å². The third-order valence-electron chi connectivity index (χ3n) is 7.13. The summed E-state index contributed by atoms with van der Waals surface area (Å²) in [6.45, 7) is 9.32. The molecule has 0 radical (unpaired) electrons. The fourth-order valence-electron chi connectivity index (χ4n) is 5.14. The predicted octanol–water partition coefficient (Wildman–Crippen LogP) is 7.01. The van der Waals surface area contributed by atoms with Crippen LogP contribution in [0.5, 0.6) is 0 Å². The van der Waals surface area contributed by atoms with E-state index in [0.717, 1.165) is 80.1 Å². The maximum absolute atomic E-state index is 11.7. The summed E-state index contributed by atoms with van der Waals surface area (Å²) in [7, 11) is 2.16. The monoisotopic (exact) mass is 605 g/mol. The van der Waals surface area contributed by atoms with Gasteiger partial charge in [-0.1, -0.05) is 23.7 Å². The number of pyridine rings is 1. The van der Waals surface area contributed by atoms with E-state index in [1.54, 1.807) is 20.8 Å². The van der Waals surface area contributed by atoms with Gasteiger partial charge in [-0.15, -0.1) is 11.3 Å². The van der Waals surface area contributed by atoms with Gasteiger partial charge in [0.25, 0.3) is 0 Å². The molecule has 42 heavy (non-hydrogen) atoms. The van der Waals surface area contributed by atoms with Crippen LogP contribution >= 0.6 is 22.9 Å². The minimum absolute atomic E-state index is 0.0622. The molecule has 10 heteroatoms. The van der Waals surface area contributed by atoms with E-state index in [1.807, 2.05) is 49.4 Å². The van der Waals surface area contributed by atoms with E-state index in [-0.39, 0.29) is 6.42 Å². The molecule has 1 aliphatic heterocycles. The quantitative estimate of drug-likeness (QED) is 0.222. The summed E-state index contributed by atoms with van der Waals surface area (Å²) in [6, 6.07) is 13.9. The number of fused-ring (bicyclic) bond motifs is 2. The minimum atomic E-state index is -0.865. The molecular formula is C32H36ClN5O3S. The van der Waals surface area contributed by atoms with Gasteiger partial charge < -0.3 is 15.1 Å². The number of carboxylic acids is 1. The number of hydrogen-bond acceptors (Lipinski definition) is 7. The van der Waals surface area contributed by atoms with Gasteiger partial charge in [0, 0.05) is 10.6 Å². The molecule has 0 spiro atoms. The number of benzene rings is 2. The summed E-state index contributed by atoms with van der Waals surface area (Å²) < 4.78 is 3.02. The van der Waals surface area contributed by atoms with E-state index in [4.69, 9.17) is 31.8 Å². The number of piperidine rings is 1. The van der Waals surface area contributed by atoms with Gasteiger partial charge in [-0.2, -0.15) is 5.10 Å². The predicted molar refractivity (Wildman–Crippen MR) is 170 cm³/mol. The van der Waals surface area contributed by atoms with Crippen molar-refractivity contribution in [3.05, 3.63) is 64.8 Å². The normalized spacial score (nSPS) is 14.7. The van der Waals surface area contributed by atoms with Crippen molar-refractivity contribution in [3.8, 4) is 21.8 Å². The molecule has 0 bridgehead atoms. The fraction of sp³-hybridized carbons (Fsp3) is 0.375. The van der Waals surface area contributed by atoms with Crippen molar-refractivity contribution in [2.24, 2.45) is 0 Å². The summed E-state index contributed by atoms with van der Waals surface area (Å²) >= 11 is 7.68. The molecule has 2 N–H and O–H groups in total. The number of likely N-dealkylation sites (tertiary alicyclic amines) is 1. The fourth-order valence-corrected chi connectivity index (χ4v) is 6.37. The van der Waals surface area contributed by atoms with Gasteiger partial charge in [-0.3, -0.25) is 9.48 Å². The largest absolute Gasteiger partial charge is 0.481 e. The van der Waals surface area contributed by atoms with Gasteiger partial charge >= 0.3 is 5.97 Å². The third-order valence-corrected chi connectivity index (χ3v) is 8.50. The van der Waals surface area contributed by atoms with Gasteiger partial charge in [0.15, 0.2) is 0 Å². The van der Waals surface area contributed by atoms with Crippen molar-refractivity contribution in [2.45, 2.75) is 58.6 Å². The van der Waals surface area contributed by atoms with Gasteiger partial charge in [-0.05, 0) is 108 Å². The standard InChI is InChI=1S/C28H26ClN5O2S.C4H10O/c1-16-13-23-27(26(20(16)14-25(35)36)17-3-5-18(29)6-4-17)37-28(31-23)22-8-7-21-24(30-22)15-34(32-21)19-9-11-33(2)12-10-19;1-4(2,3)5/h3-8,13,15,19H,9-12,14H2,1-2H3,(H,35,36);5H,1-3H3. The summed E-state index contributed by atoms with van der Waals surface area (Å²) in [6.07, 6.45) is 4.16. The van der Waals surface area contributed by atoms with Crippen LogP contribution in [-0.2, 0) is 11.2 Å². The molecule has 220 valence electrons. The summed E-state index contributed by atoms with van der Waals surface area (Å²) in [4.78, 5) is 23.9. The van der Waals surface area contributed by atoms with E-state index in [9.17, 15) is 9.90 Å². The molecule has 1 fully saturated rings. The topological polar surface area (TPSA) is 104 Å². The van der Waals surface area contributed by atoms with E-state index in [2.05, 4.69) is 22.8 Å². The highest BCUT2D eigenvalue weighted by Gasteiger charge is 2.22. The van der Waals surface area contributed by atoms with Crippen LogP contribution in [-0.4, -0.2) is 66.6 Å². The lowest BCUT2D eigenvalue weighted by Gasteiger charge is -2.28. The summed E-state index contributed by atoms with van der Waals surface area (Å²) in [5.74, 6) is -0.865. The SMILES string of the molecule is CC(C)(C)O.Cc1cc2nc(-c3ccc4nn(C5CCN(C)CC5)cc4n3)sc2c(-c2ccc(Cl)cc2)c1CC(=O)O. The number of nitrogens with zero attached hydrogens (tertiary/aromatic N) is 5. The molecular weight excluding hydrogens is 570 g/mol. The minimum Gasteiger partial charge on any atom is -0.481 e. The zero-order valence-corrected chi connectivity index (χ0v) is 26.1. The van der Waals surface area contributed by atoms with Crippen LogP contribution in [0.2, 0.25) is 5.02 Å². The Hall–Kier alpha value is -3.37. The number of thiazole rings is 1. The smallest absolute Gasteiger partial charge is 0.307 e. The Morgan fingerprint density at radius 3 is 2.36 bits per heavy atom. The number of rotatable bonds is 5. The van der Waals surface area contributed by atoms with E-state index in [0.29, 0.717) is 11.1 Å². The Morgan fingerprint density at radius 1 is 1.05 bits per heavy atom. The Bertz CT molecular complexity index is 1730. The van der Waals surface area contributed by atoms with Crippen molar-refractivity contribution >= 4 is 50.2 Å². The zero-order valence-electron chi connectivity index (χ0n) is 24.6. The first kappa shape index (κ1) is 30.1. The molecule has 0 saturated carbocycles. The molecule has 4 heterocycles. The number of aliphatic carboxylic acids is 1. The molecule has 0 atom stereocenters. The van der Waals surface area contributed by atoms with Crippen molar-refractivity contribution in [3.63, 3.8) is 0 Å². The van der Waals surface area contributed by atoms with Crippen LogP contribution in [0.25, 0.3) is 43.1 Å². The maximum atomic E-state index is 11.7. The number of aliphatic hydroxyl groups is 1. The van der Waals surface area contributed by atoms with Crippen molar-refractivity contribution in [1.29, 1.82) is 0 Å². The Labute approximate surface area is 254 Å². The second-order valence-corrected chi connectivity index (χ2v) is 13.3. The van der Waals surface area contributed by atoms with Gasteiger partial charge in [-0.25, -0.2) is 9.97 Å². The number of carboxylic acid groups (broad SMARTS) is 1. The molecule has 5 aromatic rings. The molecule has 0 aliphatic carbocycles. The molecule has 0 unspecified atom stereocenters. The molecule has 1 saturated heterocycles. The van der Waals surface area contributed by atoms with Crippen LogP contribution in [0.3, 0.4) is 0 Å².